The number of phenols is 1. The predicted molar refractivity (Wildman–Crippen MR) is 78.7 cm³/mol. The van der Waals surface area contributed by atoms with Crippen molar-refractivity contribution in [2.75, 3.05) is 24.3 Å². The Morgan fingerprint density at radius 2 is 2.15 bits per heavy atom. The van der Waals surface area contributed by atoms with Crippen molar-refractivity contribution in [3.63, 3.8) is 0 Å². The predicted octanol–water partition coefficient (Wildman–Crippen LogP) is 1.13. The number of phenolic OH excluding ortho intramolecular Hbond substituents is 1. The van der Waals surface area contributed by atoms with Crippen molar-refractivity contribution < 1.29 is 18.3 Å². The number of carbonyl (C=O) groups excluding carboxylic acids is 1. The molecule has 1 aliphatic heterocycles. The average molecular weight is 315 g/mol. The topological polar surface area (TPSA) is 74.7 Å². The molecule has 1 aromatic carbocycles. The second-order valence-electron chi connectivity index (χ2n) is 4.82. The SMILES string of the molecule is CN(C(=O)CSc1ccccc1O)C1CCS(=O)(=O)C1. The maximum absolute atomic E-state index is 12.1. The highest BCUT2D eigenvalue weighted by Gasteiger charge is 2.32. The fourth-order valence-electron chi connectivity index (χ4n) is 2.10. The summed E-state index contributed by atoms with van der Waals surface area (Å²) in [5, 5.41) is 9.62. The van der Waals surface area contributed by atoms with Crippen molar-refractivity contribution in [2.24, 2.45) is 0 Å². The highest BCUT2D eigenvalue weighted by Crippen LogP contribution is 2.28. The fourth-order valence-corrected chi connectivity index (χ4v) is 4.75. The molecule has 2 rings (SSSR count). The van der Waals surface area contributed by atoms with Crippen LogP contribution in [0.1, 0.15) is 6.42 Å². The van der Waals surface area contributed by atoms with Crippen LogP contribution in [-0.4, -0.2) is 54.7 Å². The van der Waals surface area contributed by atoms with E-state index in [2.05, 4.69) is 0 Å². The van der Waals surface area contributed by atoms with Crippen LogP contribution >= 0.6 is 11.8 Å². The van der Waals surface area contributed by atoms with Crippen molar-refractivity contribution in [3.8, 4) is 5.75 Å². The van der Waals surface area contributed by atoms with Gasteiger partial charge in [-0.2, -0.15) is 0 Å². The zero-order valence-electron chi connectivity index (χ0n) is 11.2. The van der Waals surface area contributed by atoms with Gasteiger partial charge in [0.15, 0.2) is 9.84 Å². The van der Waals surface area contributed by atoms with E-state index < -0.39 is 9.84 Å². The third-order valence-corrected chi connectivity index (χ3v) is 6.16. The Labute approximate surface area is 122 Å². The minimum Gasteiger partial charge on any atom is -0.507 e. The minimum atomic E-state index is -2.99. The van der Waals surface area contributed by atoms with Crippen LogP contribution in [0.3, 0.4) is 0 Å². The lowest BCUT2D eigenvalue weighted by Crippen LogP contribution is -2.38. The van der Waals surface area contributed by atoms with Gasteiger partial charge in [-0.05, 0) is 18.6 Å². The Kier molecular flexibility index (Phi) is 4.59. The molecule has 0 aliphatic carbocycles. The molecule has 1 unspecified atom stereocenters. The monoisotopic (exact) mass is 315 g/mol. The minimum absolute atomic E-state index is 0.0521. The molecule has 110 valence electrons. The third-order valence-electron chi connectivity index (χ3n) is 3.37. The summed E-state index contributed by atoms with van der Waals surface area (Å²) in [5.74, 6) is 0.417. The summed E-state index contributed by atoms with van der Waals surface area (Å²) < 4.78 is 22.8. The van der Waals surface area contributed by atoms with Crippen LogP contribution in [0.2, 0.25) is 0 Å². The lowest BCUT2D eigenvalue weighted by molar-refractivity contribution is -0.128. The number of hydrogen-bond donors (Lipinski definition) is 1. The van der Waals surface area contributed by atoms with Gasteiger partial charge in [-0.15, -0.1) is 11.8 Å². The van der Waals surface area contributed by atoms with Crippen molar-refractivity contribution in [1.82, 2.24) is 4.90 Å². The molecule has 1 aromatic rings. The van der Waals surface area contributed by atoms with E-state index in [4.69, 9.17) is 0 Å². The van der Waals surface area contributed by atoms with Gasteiger partial charge in [0.25, 0.3) is 0 Å². The van der Waals surface area contributed by atoms with Gasteiger partial charge < -0.3 is 10.0 Å². The Morgan fingerprint density at radius 1 is 1.45 bits per heavy atom. The molecule has 20 heavy (non-hydrogen) atoms. The number of amides is 1. The summed E-state index contributed by atoms with van der Waals surface area (Å²) in [4.78, 5) is 14.2. The zero-order chi connectivity index (χ0) is 14.8. The highest BCUT2D eigenvalue weighted by atomic mass is 32.2. The number of benzene rings is 1. The first kappa shape index (κ1) is 15.2. The standard InChI is InChI=1S/C13H17NO4S2/c1-14(10-6-7-20(17,18)9-10)13(16)8-19-12-5-3-2-4-11(12)15/h2-5,10,15H,6-9H2,1H3. The lowest BCUT2D eigenvalue weighted by atomic mass is 10.2. The van der Waals surface area contributed by atoms with Gasteiger partial charge in [0.1, 0.15) is 5.75 Å². The van der Waals surface area contributed by atoms with E-state index in [1.54, 1.807) is 31.3 Å². The summed E-state index contributed by atoms with van der Waals surface area (Å²) >= 11 is 1.25. The molecule has 5 nitrogen and oxygen atoms in total. The molecule has 0 saturated carbocycles. The maximum atomic E-state index is 12.1. The summed E-state index contributed by atoms with van der Waals surface area (Å²) in [5.41, 5.74) is 0. The van der Waals surface area contributed by atoms with Gasteiger partial charge in [-0.3, -0.25) is 4.79 Å². The van der Waals surface area contributed by atoms with Crippen LogP contribution in [0.5, 0.6) is 5.75 Å². The maximum Gasteiger partial charge on any atom is 0.232 e. The van der Waals surface area contributed by atoms with Crippen molar-refractivity contribution in [3.05, 3.63) is 24.3 Å². The first-order chi connectivity index (χ1) is 9.39. The van der Waals surface area contributed by atoms with Gasteiger partial charge >= 0.3 is 0 Å². The molecular formula is C13H17NO4S2. The Bertz CT molecular complexity index is 600. The third kappa shape index (κ3) is 3.67. The highest BCUT2D eigenvalue weighted by molar-refractivity contribution is 8.00. The van der Waals surface area contributed by atoms with E-state index >= 15 is 0 Å². The van der Waals surface area contributed by atoms with Crippen LogP contribution < -0.4 is 0 Å². The summed E-state index contributed by atoms with van der Waals surface area (Å²) in [6.07, 6.45) is 0.506. The number of thioether (sulfide) groups is 1. The first-order valence-corrected chi connectivity index (χ1v) is 9.06. The van der Waals surface area contributed by atoms with Crippen LogP contribution in [0, 0.1) is 0 Å². The van der Waals surface area contributed by atoms with Gasteiger partial charge in [0, 0.05) is 18.0 Å². The number of sulfone groups is 1. The second-order valence-corrected chi connectivity index (χ2v) is 8.06. The van der Waals surface area contributed by atoms with Gasteiger partial charge in [-0.25, -0.2) is 8.42 Å². The number of para-hydroxylation sites is 1. The quantitative estimate of drug-likeness (QED) is 0.843. The second kappa shape index (κ2) is 6.05. The molecule has 1 saturated heterocycles. The zero-order valence-corrected chi connectivity index (χ0v) is 12.8. The fraction of sp³-hybridized carbons (Fsp3) is 0.462. The Hall–Kier alpha value is -1.21. The molecule has 1 amide bonds. The van der Waals surface area contributed by atoms with E-state index in [9.17, 15) is 18.3 Å². The molecule has 1 heterocycles. The van der Waals surface area contributed by atoms with Crippen molar-refractivity contribution in [2.45, 2.75) is 17.4 Å². The van der Waals surface area contributed by atoms with Crippen LogP contribution in [-0.2, 0) is 14.6 Å². The lowest BCUT2D eigenvalue weighted by Gasteiger charge is -2.23. The van der Waals surface area contributed by atoms with Crippen molar-refractivity contribution >= 4 is 27.5 Å². The van der Waals surface area contributed by atoms with E-state index in [0.717, 1.165) is 0 Å². The average Bonchev–Trinajstić information content (AvgIpc) is 2.77. The van der Waals surface area contributed by atoms with E-state index in [0.29, 0.717) is 11.3 Å². The molecule has 1 fully saturated rings. The van der Waals surface area contributed by atoms with Gasteiger partial charge in [-0.1, -0.05) is 12.1 Å². The Morgan fingerprint density at radius 3 is 2.75 bits per heavy atom. The number of aromatic hydroxyl groups is 1. The largest absolute Gasteiger partial charge is 0.507 e. The van der Waals surface area contributed by atoms with E-state index in [1.165, 1.54) is 16.7 Å². The molecule has 1 atom stereocenters. The molecule has 0 bridgehead atoms. The van der Waals surface area contributed by atoms with E-state index in [1.807, 2.05) is 0 Å². The van der Waals surface area contributed by atoms with Gasteiger partial charge in [0.05, 0.1) is 17.3 Å². The smallest absolute Gasteiger partial charge is 0.232 e. The number of nitrogens with zero attached hydrogens (tertiary/aromatic N) is 1. The molecule has 0 aromatic heterocycles. The molecule has 1 N–H and O–H groups in total. The van der Waals surface area contributed by atoms with Crippen molar-refractivity contribution in [1.29, 1.82) is 0 Å². The molecule has 0 spiro atoms. The number of hydrogen-bond acceptors (Lipinski definition) is 5. The molecular weight excluding hydrogens is 298 g/mol. The molecule has 0 radical (unpaired) electrons. The number of rotatable bonds is 4. The summed E-state index contributed by atoms with van der Waals surface area (Å²) in [6, 6.07) is 6.60. The van der Waals surface area contributed by atoms with Crippen LogP contribution in [0.4, 0.5) is 0 Å². The normalized spacial score (nSPS) is 20.8. The Balaban J connectivity index is 1.91. The first-order valence-electron chi connectivity index (χ1n) is 6.26. The summed E-state index contributed by atoms with van der Waals surface area (Å²) in [7, 11) is -1.35. The van der Waals surface area contributed by atoms with Gasteiger partial charge in [0.2, 0.25) is 5.91 Å². The van der Waals surface area contributed by atoms with E-state index in [-0.39, 0.29) is 35.0 Å². The number of carbonyl (C=O) groups is 1. The molecule has 7 heteroatoms. The summed E-state index contributed by atoms with van der Waals surface area (Å²) in [6.45, 7) is 0. The molecule has 1 aliphatic rings. The van der Waals surface area contributed by atoms with Crippen LogP contribution in [0.25, 0.3) is 0 Å². The van der Waals surface area contributed by atoms with Crippen LogP contribution in [0.15, 0.2) is 29.2 Å².